The van der Waals surface area contributed by atoms with Crippen LogP contribution in [-0.4, -0.2) is 19.9 Å². The van der Waals surface area contributed by atoms with Gasteiger partial charge in [-0.2, -0.15) is 0 Å². The van der Waals surface area contributed by atoms with E-state index >= 15 is 0 Å². The number of benzene rings is 1. The topological polar surface area (TPSA) is 59.1 Å². The summed E-state index contributed by atoms with van der Waals surface area (Å²) < 4.78 is 26.6. The average Bonchev–Trinajstić information content (AvgIpc) is 2.39. The molecule has 2 aromatic rings. The molecule has 4 nitrogen and oxygen atoms in total. The number of hydrogen-bond acceptors (Lipinski definition) is 3. The van der Waals surface area contributed by atoms with Crippen LogP contribution in [0, 0.1) is 0 Å². The summed E-state index contributed by atoms with van der Waals surface area (Å²) in [7, 11) is -3.65. The minimum Gasteiger partial charge on any atom is -0.263 e. The number of nitrogens with zero attached hydrogens (tertiary/aromatic N) is 1. The van der Waals surface area contributed by atoms with Gasteiger partial charge in [0.15, 0.2) is 0 Å². The van der Waals surface area contributed by atoms with Crippen molar-refractivity contribution in [3.8, 4) is 0 Å². The second-order valence-corrected chi connectivity index (χ2v) is 6.66. The predicted molar refractivity (Wildman–Crippen MR) is 79.6 cm³/mol. The van der Waals surface area contributed by atoms with Gasteiger partial charge in [0.2, 0.25) is 10.0 Å². The summed E-state index contributed by atoms with van der Waals surface area (Å²) in [4.78, 5) is 3.75. The third kappa shape index (κ3) is 3.93. The van der Waals surface area contributed by atoms with E-state index in [9.17, 15) is 8.42 Å². The molecule has 2 rings (SSSR count). The molecule has 0 saturated heterocycles. The highest BCUT2D eigenvalue weighted by molar-refractivity contribution is 7.89. The van der Waals surface area contributed by atoms with Gasteiger partial charge in [0, 0.05) is 24.0 Å². The number of nitrogens with one attached hydrogen (secondary N) is 1. The van der Waals surface area contributed by atoms with Crippen LogP contribution in [0.4, 0.5) is 0 Å². The maximum absolute atomic E-state index is 12.0. The van der Waals surface area contributed by atoms with Crippen molar-refractivity contribution < 1.29 is 8.42 Å². The molecule has 1 N–H and O–H groups in total. The lowest BCUT2D eigenvalue weighted by atomic mass is 10.2. The molecule has 0 saturated carbocycles. The molecule has 20 heavy (non-hydrogen) atoms. The molecule has 0 aliphatic carbocycles. The van der Waals surface area contributed by atoms with E-state index in [1.807, 2.05) is 12.1 Å². The number of aromatic nitrogens is 1. The summed E-state index contributed by atoms with van der Waals surface area (Å²) in [5, 5.41) is 0.774. The lowest BCUT2D eigenvalue weighted by molar-refractivity contribution is 0.581. The number of sulfonamides is 1. The van der Waals surface area contributed by atoms with E-state index in [1.54, 1.807) is 12.1 Å². The van der Waals surface area contributed by atoms with E-state index in [0.29, 0.717) is 11.4 Å². The number of hydrogen-bond donors (Lipinski definition) is 1. The van der Waals surface area contributed by atoms with Gasteiger partial charge in [-0.25, -0.2) is 13.1 Å². The Kier molecular flexibility index (Phi) is 4.99. The minimum atomic E-state index is -3.65. The van der Waals surface area contributed by atoms with Gasteiger partial charge in [0.1, 0.15) is 4.90 Å². The second kappa shape index (κ2) is 6.54. The molecule has 0 amide bonds. The largest absolute Gasteiger partial charge is 0.263 e. The normalized spacial score (nSPS) is 11.5. The Morgan fingerprint density at radius 1 is 1.20 bits per heavy atom. The third-order valence-electron chi connectivity index (χ3n) is 2.62. The molecular formula is C13H12Cl2N2O2S. The molecule has 0 aliphatic heterocycles. The first-order valence-corrected chi connectivity index (χ1v) is 8.06. The van der Waals surface area contributed by atoms with Gasteiger partial charge in [-0.15, -0.1) is 0 Å². The highest BCUT2D eigenvalue weighted by Crippen LogP contribution is 2.19. The van der Waals surface area contributed by atoms with E-state index in [-0.39, 0.29) is 16.5 Å². The Labute approximate surface area is 127 Å². The van der Waals surface area contributed by atoms with Crippen molar-refractivity contribution in [1.82, 2.24) is 9.71 Å². The molecule has 0 atom stereocenters. The van der Waals surface area contributed by atoms with Gasteiger partial charge in [0.05, 0.1) is 5.02 Å². The monoisotopic (exact) mass is 330 g/mol. The van der Waals surface area contributed by atoms with Crippen LogP contribution in [0.1, 0.15) is 5.56 Å². The quantitative estimate of drug-likeness (QED) is 0.916. The van der Waals surface area contributed by atoms with Gasteiger partial charge in [-0.05, 0) is 30.2 Å². The second-order valence-electron chi connectivity index (χ2n) is 4.08. The fraction of sp³-hybridized carbons (Fsp3) is 0.154. The van der Waals surface area contributed by atoms with Crippen molar-refractivity contribution in [2.45, 2.75) is 11.3 Å². The fourth-order valence-corrected chi connectivity index (χ4v) is 3.33. The van der Waals surface area contributed by atoms with Crippen molar-refractivity contribution in [1.29, 1.82) is 0 Å². The maximum Gasteiger partial charge on any atom is 0.243 e. The van der Waals surface area contributed by atoms with Crippen molar-refractivity contribution >= 4 is 33.2 Å². The zero-order chi connectivity index (χ0) is 14.6. The smallest absolute Gasteiger partial charge is 0.243 e. The molecule has 0 bridgehead atoms. The van der Waals surface area contributed by atoms with Crippen molar-refractivity contribution in [3.05, 3.63) is 58.3 Å². The molecule has 1 aromatic carbocycles. The standard InChI is InChI=1S/C13H12Cl2N2O2S/c14-11-3-1-2-10(8-11)4-7-17-20(18,19)13-9-16-6-5-12(13)15/h1-3,5-6,8-9,17H,4,7H2. The van der Waals surface area contributed by atoms with E-state index in [2.05, 4.69) is 9.71 Å². The molecule has 0 spiro atoms. The van der Waals surface area contributed by atoms with Crippen molar-refractivity contribution in [2.24, 2.45) is 0 Å². The van der Waals surface area contributed by atoms with E-state index in [0.717, 1.165) is 5.56 Å². The molecule has 0 radical (unpaired) electrons. The van der Waals surface area contributed by atoms with Crippen molar-refractivity contribution in [3.63, 3.8) is 0 Å². The summed E-state index contributed by atoms with van der Waals surface area (Å²) in [6, 6.07) is 8.71. The summed E-state index contributed by atoms with van der Waals surface area (Å²) in [5.41, 5.74) is 0.956. The van der Waals surface area contributed by atoms with Crippen LogP contribution in [0.2, 0.25) is 10.0 Å². The number of halogens is 2. The Morgan fingerprint density at radius 2 is 2.00 bits per heavy atom. The molecule has 7 heteroatoms. The SMILES string of the molecule is O=S(=O)(NCCc1cccc(Cl)c1)c1cnccc1Cl. The molecule has 1 aromatic heterocycles. The number of pyridine rings is 1. The van der Waals surface area contributed by atoms with Gasteiger partial charge >= 0.3 is 0 Å². The predicted octanol–water partition coefficient (Wildman–Crippen LogP) is 2.91. The van der Waals surface area contributed by atoms with E-state index in [1.165, 1.54) is 18.5 Å². The Bertz CT molecular complexity index is 705. The van der Waals surface area contributed by atoms with Gasteiger partial charge in [-0.1, -0.05) is 35.3 Å². The first kappa shape index (κ1) is 15.3. The van der Waals surface area contributed by atoms with Crippen LogP contribution in [-0.2, 0) is 16.4 Å². The molecule has 0 fully saturated rings. The molecule has 1 heterocycles. The lowest BCUT2D eigenvalue weighted by Crippen LogP contribution is -2.26. The molecule has 0 aliphatic rings. The van der Waals surface area contributed by atoms with Crippen LogP contribution in [0.15, 0.2) is 47.6 Å². The van der Waals surface area contributed by atoms with Crippen LogP contribution in [0.25, 0.3) is 0 Å². The first-order chi connectivity index (χ1) is 9.49. The summed E-state index contributed by atoms with van der Waals surface area (Å²) in [6.07, 6.45) is 3.20. The Morgan fingerprint density at radius 3 is 2.70 bits per heavy atom. The molecular weight excluding hydrogens is 319 g/mol. The van der Waals surface area contributed by atoms with Gasteiger partial charge in [-0.3, -0.25) is 4.98 Å². The molecule has 0 unspecified atom stereocenters. The average molecular weight is 331 g/mol. The van der Waals surface area contributed by atoms with Crippen LogP contribution in [0.5, 0.6) is 0 Å². The summed E-state index contributed by atoms with van der Waals surface area (Å²) >= 11 is 11.7. The zero-order valence-electron chi connectivity index (χ0n) is 10.4. The fourth-order valence-electron chi connectivity index (χ4n) is 1.66. The summed E-state index contributed by atoms with van der Waals surface area (Å²) in [5.74, 6) is 0. The van der Waals surface area contributed by atoms with Gasteiger partial charge in [0.25, 0.3) is 0 Å². The molecule has 106 valence electrons. The zero-order valence-corrected chi connectivity index (χ0v) is 12.7. The first-order valence-electron chi connectivity index (χ1n) is 5.83. The van der Waals surface area contributed by atoms with Crippen LogP contribution < -0.4 is 4.72 Å². The lowest BCUT2D eigenvalue weighted by Gasteiger charge is -2.08. The van der Waals surface area contributed by atoms with E-state index < -0.39 is 10.0 Å². The summed E-state index contributed by atoms with van der Waals surface area (Å²) in [6.45, 7) is 0.258. The van der Waals surface area contributed by atoms with Crippen LogP contribution >= 0.6 is 23.2 Å². The Hall–Kier alpha value is -1.14. The van der Waals surface area contributed by atoms with Gasteiger partial charge < -0.3 is 0 Å². The van der Waals surface area contributed by atoms with Crippen LogP contribution in [0.3, 0.4) is 0 Å². The third-order valence-corrected chi connectivity index (χ3v) is 4.78. The van der Waals surface area contributed by atoms with E-state index in [4.69, 9.17) is 23.2 Å². The number of rotatable bonds is 5. The highest BCUT2D eigenvalue weighted by atomic mass is 35.5. The Balaban J connectivity index is 2.02. The van der Waals surface area contributed by atoms with Crippen molar-refractivity contribution in [2.75, 3.05) is 6.54 Å². The minimum absolute atomic E-state index is 0.0206. The highest BCUT2D eigenvalue weighted by Gasteiger charge is 2.17. The maximum atomic E-state index is 12.0.